The van der Waals surface area contributed by atoms with Crippen LogP contribution in [0.15, 0.2) is 78.9 Å². The van der Waals surface area contributed by atoms with Crippen LogP contribution in [0.5, 0.6) is 5.75 Å². The van der Waals surface area contributed by atoms with Crippen molar-refractivity contribution in [2.45, 2.75) is 6.42 Å². The zero-order valence-corrected chi connectivity index (χ0v) is 17.3. The number of carbonyl (C=O) groups excluding carboxylic acids is 1. The summed E-state index contributed by atoms with van der Waals surface area (Å²) >= 11 is 0. The van der Waals surface area contributed by atoms with Crippen molar-refractivity contribution in [3.05, 3.63) is 90.0 Å². The standard InChI is InChI=1S/C25H27N3O2/c1-30-23-13-11-22(12-14-23)27-15-17-28(18-16-27)25(29)26-24-10-6-5-9-21(24)19-20-7-3-2-4-8-20/h2-14H,15-19H2,1H3,(H,26,29). The second kappa shape index (κ2) is 9.35. The highest BCUT2D eigenvalue weighted by Crippen LogP contribution is 2.22. The number of methoxy groups -OCH3 is 1. The number of hydrogen-bond acceptors (Lipinski definition) is 3. The highest BCUT2D eigenvalue weighted by Gasteiger charge is 2.22. The van der Waals surface area contributed by atoms with Crippen LogP contribution >= 0.6 is 0 Å². The molecular weight excluding hydrogens is 374 g/mol. The van der Waals surface area contributed by atoms with Crippen molar-refractivity contribution in [2.75, 3.05) is 43.5 Å². The lowest BCUT2D eigenvalue weighted by Gasteiger charge is -2.36. The largest absolute Gasteiger partial charge is 0.497 e. The summed E-state index contributed by atoms with van der Waals surface area (Å²) in [6, 6.07) is 26.4. The number of ether oxygens (including phenoxy) is 1. The molecule has 0 bridgehead atoms. The Labute approximate surface area is 177 Å². The van der Waals surface area contributed by atoms with Crippen molar-refractivity contribution in [2.24, 2.45) is 0 Å². The van der Waals surface area contributed by atoms with E-state index in [1.807, 2.05) is 53.4 Å². The van der Waals surface area contributed by atoms with Crippen molar-refractivity contribution in [3.63, 3.8) is 0 Å². The first-order valence-electron chi connectivity index (χ1n) is 10.3. The first-order valence-corrected chi connectivity index (χ1v) is 10.3. The third-order valence-corrected chi connectivity index (χ3v) is 5.50. The predicted octanol–water partition coefficient (Wildman–Crippen LogP) is 4.64. The quantitative estimate of drug-likeness (QED) is 0.677. The van der Waals surface area contributed by atoms with E-state index < -0.39 is 0 Å². The molecular formula is C25H27N3O2. The molecule has 0 saturated carbocycles. The van der Waals surface area contributed by atoms with Gasteiger partial charge in [0.15, 0.2) is 0 Å². The maximum atomic E-state index is 12.9. The first-order chi connectivity index (χ1) is 14.7. The number of para-hydroxylation sites is 1. The summed E-state index contributed by atoms with van der Waals surface area (Å²) in [6.45, 7) is 3.01. The molecule has 3 aromatic rings. The first kappa shape index (κ1) is 19.8. The molecule has 3 aromatic carbocycles. The molecule has 1 fully saturated rings. The summed E-state index contributed by atoms with van der Waals surface area (Å²) in [5, 5.41) is 3.12. The van der Waals surface area contributed by atoms with Crippen molar-refractivity contribution in [1.82, 2.24) is 4.90 Å². The Bertz CT molecular complexity index is 965. The van der Waals surface area contributed by atoms with Gasteiger partial charge in [0, 0.05) is 37.6 Å². The zero-order chi connectivity index (χ0) is 20.8. The molecule has 154 valence electrons. The number of hydrogen-bond donors (Lipinski definition) is 1. The molecule has 0 atom stereocenters. The summed E-state index contributed by atoms with van der Waals surface area (Å²) in [5.41, 5.74) is 4.38. The predicted molar refractivity (Wildman–Crippen MR) is 121 cm³/mol. The maximum absolute atomic E-state index is 12.9. The van der Waals surface area contributed by atoms with Gasteiger partial charge in [-0.15, -0.1) is 0 Å². The Balaban J connectivity index is 1.36. The minimum atomic E-state index is -0.0371. The summed E-state index contributed by atoms with van der Waals surface area (Å²) in [4.78, 5) is 17.1. The minimum Gasteiger partial charge on any atom is -0.497 e. The molecule has 0 aliphatic carbocycles. The monoisotopic (exact) mass is 401 g/mol. The van der Waals surface area contributed by atoms with Crippen molar-refractivity contribution >= 4 is 17.4 Å². The average Bonchev–Trinajstić information content (AvgIpc) is 2.81. The van der Waals surface area contributed by atoms with Crippen LogP contribution in [0.25, 0.3) is 0 Å². The Hall–Kier alpha value is -3.47. The van der Waals surface area contributed by atoms with E-state index in [1.165, 1.54) is 5.56 Å². The minimum absolute atomic E-state index is 0.0371. The molecule has 0 spiro atoms. The summed E-state index contributed by atoms with van der Waals surface area (Å²) in [5.74, 6) is 0.853. The second-order valence-corrected chi connectivity index (χ2v) is 7.42. The molecule has 5 heteroatoms. The van der Waals surface area contributed by atoms with Crippen LogP contribution in [0.1, 0.15) is 11.1 Å². The fraction of sp³-hybridized carbons (Fsp3) is 0.240. The Morgan fingerprint density at radius 3 is 2.23 bits per heavy atom. The summed E-state index contributed by atoms with van der Waals surface area (Å²) in [6.07, 6.45) is 0.794. The van der Waals surface area contributed by atoms with Gasteiger partial charge in [0.1, 0.15) is 5.75 Å². The lowest BCUT2D eigenvalue weighted by molar-refractivity contribution is 0.208. The van der Waals surface area contributed by atoms with E-state index in [0.717, 1.165) is 42.2 Å². The van der Waals surface area contributed by atoms with E-state index in [0.29, 0.717) is 13.1 Å². The topological polar surface area (TPSA) is 44.8 Å². The van der Waals surface area contributed by atoms with Gasteiger partial charge in [-0.3, -0.25) is 0 Å². The van der Waals surface area contributed by atoms with Crippen LogP contribution in [0.3, 0.4) is 0 Å². The van der Waals surface area contributed by atoms with Gasteiger partial charge in [-0.05, 0) is 47.9 Å². The molecule has 0 radical (unpaired) electrons. The van der Waals surface area contributed by atoms with E-state index in [9.17, 15) is 4.79 Å². The molecule has 5 nitrogen and oxygen atoms in total. The molecule has 1 aliphatic rings. The van der Waals surface area contributed by atoms with Gasteiger partial charge in [-0.2, -0.15) is 0 Å². The highest BCUT2D eigenvalue weighted by atomic mass is 16.5. The smallest absolute Gasteiger partial charge is 0.321 e. The van der Waals surface area contributed by atoms with Crippen LogP contribution in [0.4, 0.5) is 16.2 Å². The van der Waals surface area contributed by atoms with Crippen LogP contribution in [0.2, 0.25) is 0 Å². The van der Waals surface area contributed by atoms with Gasteiger partial charge in [-0.25, -0.2) is 4.79 Å². The van der Waals surface area contributed by atoms with Gasteiger partial charge in [0.2, 0.25) is 0 Å². The molecule has 2 amide bonds. The molecule has 1 N–H and O–H groups in total. The summed E-state index contributed by atoms with van der Waals surface area (Å²) in [7, 11) is 1.67. The maximum Gasteiger partial charge on any atom is 0.321 e. The third kappa shape index (κ3) is 4.74. The zero-order valence-electron chi connectivity index (χ0n) is 17.3. The molecule has 1 heterocycles. The Kier molecular flexibility index (Phi) is 6.18. The third-order valence-electron chi connectivity index (χ3n) is 5.50. The number of carbonyl (C=O) groups is 1. The van der Waals surface area contributed by atoms with Crippen molar-refractivity contribution < 1.29 is 9.53 Å². The van der Waals surface area contributed by atoms with Gasteiger partial charge in [0.05, 0.1) is 7.11 Å². The van der Waals surface area contributed by atoms with Crippen LogP contribution in [-0.2, 0) is 6.42 Å². The molecule has 1 aliphatic heterocycles. The Morgan fingerprint density at radius 1 is 0.867 bits per heavy atom. The average molecular weight is 402 g/mol. The number of amides is 2. The van der Waals surface area contributed by atoms with Crippen molar-refractivity contribution in [3.8, 4) is 5.75 Å². The van der Waals surface area contributed by atoms with E-state index in [4.69, 9.17) is 4.74 Å². The fourth-order valence-electron chi connectivity index (χ4n) is 3.77. The number of rotatable bonds is 5. The molecule has 0 unspecified atom stereocenters. The molecule has 1 saturated heterocycles. The van der Waals surface area contributed by atoms with Gasteiger partial charge in [0.25, 0.3) is 0 Å². The molecule has 4 rings (SSSR count). The van der Waals surface area contributed by atoms with Gasteiger partial charge < -0.3 is 19.9 Å². The molecule has 0 aromatic heterocycles. The van der Waals surface area contributed by atoms with Crippen LogP contribution < -0.4 is 15.0 Å². The normalized spacial score (nSPS) is 13.8. The van der Waals surface area contributed by atoms with Crippen LogP contribution in [-0.4, -0.2) is 44.2 Å². The van der Waals surface area contributed by atoms with E-state index in [1.54, 1.807) is 7.11 Å². The van der Waals surface area contributed by atoms with Crippen molar-refractivity contribution in [1.29, 1.82) is 0 Å². The van der Waals surface area contributed by atoms with E-state index in [-0.39, 0.29) is 6.03 Å². The van der Waals surface area contributed by atoms with E-state index >= 15 is 0 Å². The number of urea groups is 1. The van der Waals surface area contributed by atoms with Gasteiger partial charge in [-0.1, -0.05) is 48.5 Å². The van der Waals surface area contributed by atoms with E-state index in [2.05, 4.69) is 40.5 Å². The molecule has 30 heavy (non-hydrogen) atoms. The lowest BCUT2D eigenvalue weighted by atomic mass is 10.0. The number of benzene rings is 3. The highest BCUT2D eigenvalue weighted by molar-refractivity contribution is 5.90. The van der Waals surface area contributed by atoms with Crippen LogP contribution in [0, 0.1) is 0 Å². The number of anilines is 2. The Morgan fingerprint density at radius 2 is 1.53 bits per heavy atom. The summed E-state index contributed by atoms with van der Waals surface area (Å²) < 4.78 is 5.23. The number of piperazine rings is 1. The number of nitrogens with one attached hydrogen (secondary N) is 1. The van der Waals surface area contributed by atoms with Gasteiger partial charge >= 0.3 is 6.03 Å². The SMILES string of the molecule is COc1ccc(N2CCN(C(=O)Nc3ccccc3Cc3ccccc3)CC2)cc1. The second-order valence-electron chi connectivity index (χ2n) is 7.42. The number of nitrogens with zero attached hydrogens (tertiary/aromatic N) is 2. The fourth-order valence-corrected chi connectivity index (χ4v) is 3.77. The lowest BCUT2D eigenvalue weighted by Crippen LogP contribution is -2.50.